The van der Waals surface area contributed by atoms with Crippen molar-refractivity contribution in [3.05, 3.63) is 28.8 Å². The number of carboxylic acid groups (broad SMARTS) is 1. The number of amides is 1. The van der Waals surface area contributed by atoms with Crippen LogP contribution in [0.2, 0.25) is 5.02 Å². The van der Waals surface area contributed by atoms with Gasteiger partial charge < -0.3 is 15.7 Å². The number of aliphatic carboxylic acids is 1. The van der Waals surface area contributed by atoms with Crippen molar-refractivity contribution in [3.8, 4) is 0 Å². The third kappa shape index (κ3) is 3.29. The van der Waals surface area contributed by atoms with Crippen LogP contribution >= 0.6 is 11.6 Å². The van der Waals surface area contributed by atoms with Gasteiger partial charge in [-0.25, -0.2) is 4.79 Å². The number of halogens is 1. The molecule has 1 amide bonds. The van der Waals surface area contributed by atoms with Gasteiger partial charge in [0.2, 0.25) is 5.91 Å². The molecular weight excluding hydrogens is 292 g/mol. The molecular formula is C15H19ClN2O3. The summed E-state index contributed by atoms with van der Waals surface area (Å²) in [6.07, 6.45) is 2.53. The summed E-state index contributed by atoms with van der Waals surface area (Å²) < 4.78 is 0. The molecule has 2 unspecified atom stereocenters. The average molecular weight is 311 g/mol. The Morgan fingerprint density at radius 2 is 2.19 bits per heavy atom. The van der Waals surface area contributed by atoms with Crippen molar-refractivity contribution in [2.45, 2.75) is 32.2 Å². The van der Waals surface area contributed by atoms with Gasteiger partial charge in [0.05, 0.1) is 10.7 Å². The summed E-state index contributed by atoms with van der Waals surface area (Å²) in [6, 6.07) is 4.16. The van der Waals surface area contributed by atoms with Crippen molar-refractivity contribution in [3.63, 3.8) is 0 Å². The van der Waals surface area contributed by atoms with E-state index < -0.39 is 17.9 Å². The van der Waals surface area contributed by atoms with Crippen molar-refractivity contribution in [1.82, 2.24) is 0 Å². The second kappa shape index (κ2) is 6.35. The second-order valence-electron chi connectivity index (χ2n) is 5.38. The van der Waals surface area contributed by atoms with Gasteiger partial charge >= 0.3 is 5.97 Å². The Labute approximate surface area is 128 Å². The van der Waals surface area contributed by atoms with E-state index in [4.69, 9.17) is 17.3 Å². The molecule has 0 aromatic heterocycles. The van der Waals surface area contributed by atoms with Crippen LogP contribution in [0.25, 0.3) is 0 Å². The Hall–Kier alpha value is -1.75. The van der Waals surface area contributed by atoms with E-state index in [2.05, 4.69) is 6.92 Å². The van der Waals surface area contributed by atoms with Gasteiger partial charge in [-0.1, -0.05) is 24.9 Å². The third-order valence-electron chi connectivity index (χ3n) is 4.12. The van der Waals surface area contributed by atoms with Gasteiger partial charge in [-0.15, -0.1) is 0 Å². The first kappa shape index (κ1) is 15.6. The molecule has 6 heteroatoms. The van der Waals surface area contributed by atoms with Crippen molar-refractivity contribution < 1.29 is 14.7 Å². The zero-order valence-corrected chi connectivity index (χ0v) is 12.6. The molecule has 0 bridgehead atoms. The van der Waals surface area contributed by atoms with Crippen LogP contribution in [-0.2, 0) is 4.79 Å². The molecule has 3 N–H and O–H groups in total. The summed E-state index contributed by atoms with van der Waals surface area (Å²) >= 11 is 6.20. The van der Waals surface area contributed by atoms with Crippen LogP contribution < -0.4 is 10.6 Å². The number of carbonyl (C=O) groups is 2. The summed E-state index contributed by atoms with van der Waals surface area (Å²) in [6.45, 7) is 2.72. The molecule has 1 saturated heterocycles. The largest absolute Gasteiger partial charge is 0.480 e. The Bertz CT molecular complexity index is 562. The first-order chi connectivity index (χ1) is 9.93. The van der Waals surface area contributed by atoms with Gasteiger partial charge in [0.1, 0.15) is 6.04 Å². The number of carboxylic acids is 1. The van der Waals surface area contributed by atoms with Crippen LogP contribution in [0.15, 0.2) is 18.2 Å². The minimum Gasteiger partial charge on any atom is -0.480 e. The molecule has 0 saturated carbocycles. The molecule has 5 nitrogen and oxygen atoms in total. The van der Waals surface area contributed by atoms with E-state index in [0.29, 0.717) is 35.2 Å². The molecule has 1 aliphatic heterocycles. The highest BCUT2D eigenvalue weighted by molar-refractivity contribution is 6.33. The van der Waals surface area contributed by atoms with E-state index in [9.17, 15) is 14.7 Å². The monoisotopic (exact) mass is 310 g/mol. The number of primary amides is 1. The SMILES string of the molecule is CCC1CCN(c2ccc(C(N)=O)cc2Cl)C(C(=O)O)C1. The molecule has 21 heavy (non-hydrogen) atoms. The summed E-state index contributed by atoms with van der Waals surface area (Å²) in [5.74, 6) is -0.975. The standard InChI is InChI=1S/C15H19ClN2O3/c1-2-9-5-6-18(13(7-9)15(20)21)12-4-3-10(14(17)19)8-11(12)16/h3-4,8-9,13H,2,5-7H2,1H3,(H2,17,19)(H,20,21). The number of anilines is 1. The van der Waals surface area contributed by atoms with E-state index >= 15 is 0 Å². The minimum absolute atomic E-state index is 0.319. The molecule has 1 fully saturated rings. The van der Waals surface area contributed by atoms with E-state index in [1.165, 1.54) is 6.07 Å². The highest BCUT2D eigenvalue weighted by Gasteiger charge is 2.33. The Morgan fingerprint density at radius 3 is 2.71 bits per heavy atom. The zero-order chi connectivity index (χ0) is 15.6. The Kier molecular flexibility index (Phi) is 4.73. The first-order valence-corrected chi connectivity index (χ1v) is 7.40. The lowest BCUT2D eigenvalue weighted by Crippen LogP contribution is -2.47. The van der Waals surface area contributed by atoms with E-state index in [0.717, 1.165) is 12.8 Å². The maximum atomic E-state index is 11.5. The van der Waals surface area contributed by atoms with Crippen molar-refractivity contribution in [2.75, 3.05) is 11.4 Å². The lowest BCUT2D eigenvalue weighted by Gasteiger charge is -2.39. The fraction of sp³-hybridized carbons (Fsp3) is 0.467. The number of carbonyl (C=O) groups excluding carboxylic acids is 1. The molecule has 0 spiro atoms. The highest BCUT2D eigenvalue weighted by atomic mass is 35.5. The molecule has 1 aromatic rings. The van der Waals surface area contributed by atoms with Gasteiger partial charge in [0.25, 0.3) is 0 Å². The number of rotatable bonds is 4. The third-order valence-corrected chi connectivity index (χ3v) is 4.42. The van der Waals surface area contributed by atoms with Gasteiger partial charge in [0.15, 0.2) is 0 Å². The van der Waals surface area contributed by atoms with Gasteiger partial charge in [-0.2, -0.15) is 0 Å². The second-order valence-corrected chi connectivity index (χ2v) is 5.78. The average Bonchev–Trinajstić information content (AvgIpc) is 2.46. The molecule has 0 radical (unpaired) electrons. The number of nitrogens with two attached hydrogens (primary N) is 1. The van der Waals surface area contributed by atoms with Gasteiger partial charge in [-0.3, -0.25) is 4.79 Å². The van der Waals surface area contributed by atoms with E-state index in [-0.39, 0.29) is 0 Å². The topological polar surface area (TPSA) is 83.6 Å². The summed E-state index contributed by atoms with van der Waals surface area (Å²) in [7, 11) is 0. The fourth-order valence-electron chi connectivity index (χ4n) is 2.82. The maximum absolute atomic E-state index is 11.5. The molecule has 0 aliphatic carbocycles. The molecule has 1 heterocycles. The number of hydrogen-bond donors (Lipinski definition) is 2. The highest BCUT2D eigenvalue weighted by Crippen LogP contribution is 2.34. The molecule has 1 aliphatic rings. The Balaban J connectivity index is 2.31. The zero-order valence-electron chi connectivity index (χ0n) is 11.9. The molecule has 2 rings (SSSR count). The van der Waals surface area contributed by atoms with Crippen LogP contribution in [0.4, 0.5) is 5.69 Å². The molecule has 114 valence electrons. The number of benzene rings is 1. The van der Waals surface area contributed by atoms with Gasteiger partial charge in [0, 0.05) is 12.1 Å². The van der Waals surface area contributed by atoms with Crippen molar-refractivity contribution in [2.24, 2.45) is 11.7 Å². The number of piperidine rings is 1. The van der Waals surface area contributed by atoms with Crippen molar-refractivity contribution >= 4 is 29.2 Å². The van der Waals surface area contributed by atoms with Gasteiger partial charge in [-0.05, 0) is 37.0 Å². The maximum Gasteiger partial charge on any atom is 0.326 e. The lowest BCUT2D eigenvalue weighted by molar-refractivity contribution is -0.139. The summed E-state index contributed by atoms with van der Waals surface area (Å²) in [5.41, 5.74) is 6.18. The number of nitrogens with zero attached hydrogens (tertiary/aromatic N) is 1. The smallest absolute Gasteiger partial charge is 0.326 e. The molecule has 1 aromatic carbocycles. The normalized spacial score (nSPS) is 22.1. The Morgan fingerprint density at radius 1 is 1.48 bits per heavy atom. The minimum atomic E-state index is -0.844. The predicted molar refractivity (Wildman–Crippen MR) is 81.8 cm³/mol. The summed E-state index contributed by atoms with van der Waals surface area (Å²) in [4.78, 5) is 24.5. The van der Waals surface area contributed by atoms with E-state index in [1.54, 1.807) is 12.1 Å². The predicted octanol–water partition coefficient (Wildman–Crippen LogP) is 2.52. The quantitative estimate of drug-likeness (QED) is 0.895. The van der Waals surface area contributed by atoms with Crippen LogP contribution in [0.1, 0.15) is 36.5 Å². The van der Waals surface area contributed by atoms with Crippen LogP contribution in [0.3, 0.4) is 0 Å². The first-order valence-electron chi connectivity index (χ1n) is 7.02. The van der Waals surface area contributed by atoms with Crippen LogP contribution in [-0.4, -0.2) is 29.6 Å². The molecule has 2 atom stereocenters. The fourth-order valence-corrected chi connectivity index (χ4v) is 3.11. The van der Waals surface area contributed by atoms with Crippen LogP contribution in [0.5, 0.6) is 0 Å². The van der Waals surface area contributed by atoms with Crippen molar-refractivity contribution in [1.29, 1.82) is 0 Å². The van der Waals surface area contributed by atoms with Crippen LogP contribution in [0, 0.1) is 5.92 Å². The number of hydrogen-bond acceptors (Lipinski definition) is 3. The lowest BCUT2D eigenvalue weighted by atomic mass is 9.88. The summed E-state index contributed by atoms with van der Waals surface area (Å²) in [5, 5.41) is 9.81. The van der Waals surface area contributed by atoms with E-state index in [1.807, 2.05) is 4.90 Å².